The van der Waals surface area contributed by atoms with Gasteiger partial charge in [0, 0.05) is 16.1 Å². The number of hydrogen-bond donors (Lipinski definition) is 1. The molecule has 3 heterocycles. The molecule has 0 fully saturated rings. The van der Waals surface area contributed by atoms with Crippen molar-refractivity contribution in [1.82, 2.24) is 9.55 Å². The Bertz CT molecular complexity index is 905. The van der Waals surface area contributed by atoms with Gasteiger partial charge >= 0.3 is 0 Å². The molecule has 0 spiro atoms. The van der Waals surface area contributed by atoms with Crippen LogP contribution in [0.15, 0.2) is 53.0 Å². The molecule has 4 nitrogen and oxygen atoms in total. The molecule has 1 atom stereocenters. The first-order valence-electron chi connectivity index (χ1n) is 7.16. The molecule has 22 heavy (non-hydrogen) atoms. The van der Waals surface area contributed by atoms with Crippen molar-refractivity contribution in [2.45, 2.75) is 19.9 Å². The maximum atomic E-state index is 12.3. The molecule has 1 aliphatic rings. The van der Waals surface area contributed by atoms with E-state index in [1.807, 2.05) is 42.6 Å². The van der Waals surface area contributed by atoms with Crippen LogP contribution in [0.25, 0.3) is 11.0 Å². The van der Waals surface area contributed by atoms with Crippen LogP contribution < -0.4 is 5.32 Å². The fraction of sp³-hybridized carbons (Fsp3) is 0.176. The lowest BCUT2D eigenvalue weighted by Crippen LogP contribution is -2.26. The van der Waals surface area contributed by atoms with Crippen LogP contribution in [0.1, 0.15) is 24.8 Å². The number of nitrogens with zero attached hydrogens (tertiary/aromatic N) is 2. The van der Waals surface area contributed by atoms with E-state index in [0.717, 1.165) is 33.1 Å². The Kier molecular flexibility index (Phi) is 2.90. The number of aromatic nitrogens is 2. The van der Waals surface area contributed by atoms with Crippen molar-refractivity contribution in [3.63, 3.8) is 0 Å². The number of ketones is 1. The Balaban J connectivity index is 2.05. The van der Waals surface area contributed by atoms with Crippen LogP contribution in [0, 0.1) is 0 Å². The van der Waals surface area contributed by atoms with E-state index in [1.165, 1.54) is 0 Å². The largest absolute Gasteiger partial charge is 0.329 e. The van der Waals surface area contributed by atoms with E-state index in [1.54, 1.807) is 18.3 Å². The number of anilines is 1. The molecule has 0 radical (unpaired) electrons. The van der Waals surface area contributed by atoms with Gasteiger partial charge < -0.3 is 5.32 Å². The van der Waals surface area contributed by atoms with E-state index in [4.69, 9.17) is 0 Å². The lowest BCUT2D eigenvalue weighted by Gasteiger charge is -2.29. The number of Topliss-reactive ketones (excluding diaryl/α,β-unsaturated/α-hetero) is 1. The van der Waals surface area contributed by atoms with Crippen LogP contribution in [0.5, 0.6) is 0 Å². The predicted octanol–water partition coefficient (Wildman–Crippen LogP) is 3.98. The molecule has 1 aromatic carbocycles. The van der Waals surface area contributed by atoms with E-state index in [2.05, 4.69) is 20.9 Å². The van der Waals surface area contributed by atoms with Gasteiger partial charge in [-0.1, -0.05) is 18.2 Å². The van der Waals surface area contributed by atoms with E-state index in [-0.39, 0.29) is 11.8 Å². The second kappa shape index (κ2) is 4.81. The zero-order valence-electron chi connectivity index (χ0n) is 12.3. The quantitative estimate of drug-likeness (QED) is 0.779. The summed E-state index contributed by atoms with van der Waals surface area (Å²) in [4.78, 5) is 18.1. The van der Waals surface area contributed by atoms with Crippen molar-refractivity contribution in [2.75, 3.05) is 5.32 Å². The van der Waals surface area contributed by atoms with Gasteiger partial charge in [-0.15, -0.1) is 11.3 Å². The van der Waals surface area contributed by atoms with Crippen LogP contribution in [0.4, 0.5) is 5.95 Å². The van der Waals surface area contributed by atoms with Crippen molar-refractivity contribution in [1.29, 1.82) is 0 Å². The minimum atomic E-state index is -0.110. The Morgan fingerprint density at radius 1 is 1.27 bits per heavy atom. The number of thiophene rings is 1. The molecule has 3 aromatic rings. The van der Waals surface area contributed by atoms with Crippen LogP contribution in [0.2, 0.25) is 0 Å². The first kappa shape index (κ1) is 13.3. The molecule has 4 rings (SSSR count). The van der Waals surface area contributed by atoms with E-state index < -0.39 is 0 Å². The summed E-state index contributed by atoms with van der Waals surface area (Å²) in [6.07, 6.45) is 0. The van der Waals surface area contributed by atoms with Crippen molar-refractivity contribution in [3.05, 3.63) is 57.9 Å². The van der Waals surface area contributed by atoms with E-state index in [0.29, 0.717) is 0 Å². The van der Waals surface area contributed by atoms with E-state index >= 15 is 0 Å². The molecule has 0 saturated carbocycles. The van der Waals surface area contributed by atoms with Crippen molar-refractivity contribution in [3.8, 4) is 0 Å². The molecule has 0 bridgehead atoms. The average molecular weight is 309 g/mol. The number of benzene rings is 1. The van der Waals surface area contributed by atoms with E-state index in [9.17, 15) is 4.79 Å². The number of imidazole rings is 1. The fourth-order valence-corrected chi connectivity index (χ4v) is 3.96. The van der Waals surface area contributed by atoms with Gasteiger partial charge in [0.25, 0.3) is 0 Å². The molecule has 0 saturated heterocycles. The summed E-state index contributed by atoms with van der Waals surface area (Å²) in [5.41, 5.74) is 3.66. The van der Waals surface area contributed by atoms with Gasteiger partial charge in [0.15, 0.2) is 5.78 Å². The normalized spacial score (nSPS) is 17.5. The summed E-state index contributed by atoms with van der Waals surface area (Å²) >= 11 is 1.67. The maximum Gasteiger partial charge on any atom is 0.209 e. The van der Waals surface area contributed by atoms with Crippen molar-refractivity contribution < 1.29 is 4.79 Å². The monoisotopic (exact) mass is 309 g/mol. The SMILES string of the molecule is CC(=O)C1=C(C)Nc2nc3ccccc3n2C1c1cccs1. The van der Waals surface area contributed by atoms with Gasteiger partial charge in [0.05, 0.1) is 11.0 Å². The second-order valence-corrected chi connectivity index (χ2v) is 6.41. The summed E-state index contributed by atoms with van der Waals surface area (Å²) in [6.45, 7) is 3.57. The number of rotatable bonds is 2. The van der Waals surface area contributed by atoms with Crippen LogP contribution >= 0.6 is 11.3 Å². The Morgan fingerprint density at radius 2 is 2.09 bits per heavy atom. The Morgan fingerprint density at radius 3 is 2.82 bits per heavy atom. The molecular formula is C17H15N3OS. The Hall–Kier alpha value is -2.40. The molecule has 2 aromatic heterocycles. The summed E-state index contributed by atoms with van der Waals surface area (Å²) in [7, 11) is 0. The molecule has 1 unspecified atom stereocenters. The Labute approximate surface area is 132 Å². The molecule has 1 aliphatic heterocycles. The molecular weight excluding hydrogens is 294 g/mol. The highest BCUT2D eigenvalue weighted by molar-refractivity contribution is 7.10. The van der Waals surface area contributed by atoms with Crippen LogP contribution in [0.3, 0.4) is 0 Å². The minimum absolute atomic E-state index is 0.0897. The third-order valence-electron chi connectivity index (χ3n) is 4.02. The smallest absolute Gasteiger partial charge is 0.209 e. The number of carbonyl (C=O) groups is 1. The maximum absolute atomic E-state index is 12.3. The van der Waals surface area contributed by atoms with Gasteiger partial charge in [-0.25, -0.2) is 4.98 Å². The first-order valence-corrected chi connectivity index (χ1v) is 8.04. The number of carbonyl (C=O) groups excluding carboxylic acids is 1. The average Bonchev–Trinajstić information content (AvgIpc) is 3.12. The van der Waals surface area contributed by atoms with Gasteiger partial charge in [-0.2, -0.15) is 0 Å². The molecule has 1 N–H and O–H groups in total. The molecule has 110 valence electrons. The van der Waals surface area contributed by atoms with Crippen molar-refractivity contribution >= 4 is 34.1 Å². The highest BCUT2D eigenvalue weighted by Gasteiger charge is 2.32. The molecule has 0 aliphatic carbocycles. The summed E-state index contributed by atoms with van der Waals surface area (Å²) in [5.74, 6) is 0.883. The van der Waals surface area contributed by atoms with Crippen LogP contribution in [-0.4, -0.2) is 15.3 Å². The zero-order valence-corrected chi connectivity index (χ0v) is 13.1. The fourth-order valence-electron chi connectivity index (χ4n) is 3.14. The summed E-state index contributed by atoms with van der Waals surface area (Å²) < 4.78 is 2.13. The minimum Gasteiger partial charge on any atom is -0.329 e. The van der Waals surface area contributed by atoms with Gasteiger partial charge in [-0.05, 0) is 37.4 Å². The molecule has 5 heteroatoms. The highest BCUT2D eigenvalue weighted by Crippen LogP contribution is 2.40. The highest BCUT2D eigenvalue weighted by atomic mass is 32.1. The van der Waals surface area contributed by atoms with Gasteiger partial charge in [0.1, 0.15) is 6.04 Å². The summed E-state index contributed by atoms with van der Waals surface area (Å²) in [5, 5.41) is 5.33. The number of para-hydroxylation sites is 2. The third-order valence-corrected chi connectivity index (χ3v) is 4.95. The predicted molar refractivity (Wildman–Crippen MR) is 89.2 cm³/mol. The number of hydrogen-bond acceptors (Lipinski definition) is 4. The second-order valence-electron chi connectivity index (χ2n) is 5.43. The third kappa shape index (κ3) is 1.82. The van der Waals surface area contributed by atoms with Crippen LogP contribution in [-0.2, 0) is 4.79 Å². The number of fused-ring (bicyclic) bond motifs is 3. The number of nitrogens with one attached hydrogen (secondary N) is 1. The zero-order chi connectivity index (χ0) is 15.3. The lowest BCUT2D eigenvalue weighted by molar-refractivity contribution is -0.114. The molecule has 0 amide bonds. The van der Waals surface area contributed by atoms with Gasteiger partial charge in [-0.3, -0.25) is 9.36 Å². The number of allylic oxidation sites excluding steroid dienone is 2. The lowest BCUT2D eigenvalue weighted by atomic mass is 9.97. The van der Waals surface area contributed by atoms with Crippen molar-refractivity contribution in [2.24, 2.45) is 0 Å². The topological polar surface area (TPSA) is 46.9 Å². The first-order chi connectivity index (χ1) is 10.7. The standard InChI is InChI=1S/C17H15N3OS/c1-10-15(11(2)21)16(14-8-5-9-22-14)20-13-7-4-3-6-12(13)19-17(20)18-10/h3-9,16H,1-2H3,(H,18,19). The summed E-state index contributed by atoms with van der Waals surface area (Å²) in [6, 6.07) is 12.0. The van der Waals surface area contributed by atoms with Gasteiger partial charge in [0.2, 0.25) is 5.95 Å².